The van der Waals surface area contributed by atoms with Gasteiger partial charge < -0.3 is 5.32 Å². The lowest BCUT2D eigenvalue weighted by Crippen LogP contribution is -2.15. The first kappa shape index (κ1) is 11.1. The van der Waals surface area contributed by atoms with Crippen molar-refractivity contribution in [1.29, 1.82) is 0 Å². The van der Waals surface area contributed by atoms with Gasteiger partial charge in [-0.15, -0.1) is 0 Å². The Bertz CT molecular complexity index is 810. The molecule has 0 aliphatic carbocycles. The van der Waals surface area contributed by atoms with Gasteiger partial charge in [-0.2, -0.15) is 0 Å². The van der Waals surface area contributed by atoms with Crippen molar-refractivity contribution in [2.24, 2.45) is 4.99 Å². The van der Waals surface area contributed by atoms with Crippen LogP contribution in [0.2, 0.25) is 0 Å². The minimum Gasteiger partial charge on any atom is -0.358 e. The Morgan fingerprint density at radius 2 is 1.70 bits per heavy atom. The summed E-state index contributed by atoms with van der Waals surface area (Å²) in [6.45, 7) is 0. The highest BCUT2D eigenvalue weighted by atomic mass is 15.1. The molecule has 0 bridgehead atoms. The fourth-order valence-corrected chi connectivity index (χ4v) is 2.33. The molecule has 0 amide bonds. The van der Waals surface area contributed by atoms with Crippen LogP contribution in [0, 0.1) is 0 Å². The maximum absolute atomic E-state index is 4.63. The molecule has 1 atom stereocenters. The molecule has 0 saturated heterocycles. The SMILES string of the molecule is C1=NC(c2cnc3ccccc3n2)Nc2ccccc21. The maximum atomic E-state index is 4.63. The highest BCUT2D eigenvalue weighted by molar-refractivity contribution is 5.89. The van der Waals surface area contributed by atoms with Gasteiger partial charge in [-0.1, -0.05) is 30.3 Å². The number of rotatable bonds is 1. The molecule has 3 aromatic rings. The molecule has 0 saturated carbocycles. The number of hydrogen-bond donors (Lipinski definition) is 1. The number of anilines is 1. The number of fused-ring (bicyclic) bond motifs is 2. The Morgan fingerprint density at radius 1 is 0.900 bits per heavy atom. The Kier molecular flexibility index (Phi) is 2.45. The highest BCUT2D eigenvalue weighted by Gasteiger charge is 2.16. The molecule has 0 radical (unpaired) electrons. The van der Waals surface area contributed by atoms with E-state index < -0.39 is 0 Å². The van der Waals surface area contributed by atoms with Gasteiger partial charge in [0.05, 0.1) is 17.2 Å². The Hall–Kier alpha value is -2.75. The molecule has 1 aliphatic heterocycles. The first-order chi connectivity index (χ1) is 9.90. The van der Waals surface area contributed by atoms with Crippen molar-refractivity contribution < 1.29 is 0 Å². The molecule has 0 fully saturated rings. The molecule has 2 heterocycles. The smallest absolute Gasteiger partial charge is 0.163 e. The first-order valence-electron chi connectivity index (χ1n) is 6.50. The van der Waals surface area contributed by atoms with Crippen molar-refractivity contribution in [3.63, 3.8) is 0 Å². The van der Waals surface area contributed by atoms with E-state index in [1.165, 1.54) is 0 Å². The van der Waals surface area contributed by atoms with E-state index in [1.54, 1.807) is 6.20 Å². The molecule has 20 heavy (non-hydrogen) atoms. The third-order valence-corrected chi connectivity index (χ3v) is 3.36. The van der Waals surface area contributed by atoms with E-state index in [-0.39, 0.29) is 6.17 Å². The van der Waals surface area contributed by atoms with Gasteiger partial charge in [-0.3, -0.25) is 9.98 Å². The van der Waals surface area contributed by atoms with E-state index in [9.17, 15) is 0 Å². The largest absolute Gasteiger partial charge is 0.358 e. The fraction of sp³-hybridized carbons (Fsp3) is 0.0625. The molecule has 96 valence electrons. The normalized spacial score (nSPS) is 16.7. The molecule has 4 heteroatoms. The lowest BCUT2D eigenvalue weighted by Gasteiger charge is -2.21. The minimum absolute atomic E-state index is 0.179. The van der Waals surface area contributed by atoms with Gasteiger partial charge in [0.1, 0.15) is 5.69 Å². The number of aliphatic imine (C=N–C) groups is 1. The molecular weight excluding hydrogens is 248 g/mol. The first-order valence-corrected chi connectivity index (χ1v) is 6.50. The van der Waals surface area contributed by atoms with Crippen LogP contribution >= 0.6 is 0 Å². The minimum atomic E-state index is -0.179. The molecule has 1 aromatic heterocycles. The van der Waals surface area contributed by atoms with Crippen LogP contribution in [0.25, 0.3) is 11.0 Å². The van der Waals surface area contributed by atoms with Crippen LogP contribution in [-0.4, -0.2) is 16.2 Å². The number of nitrogens with one attached hydrogen (secondary N) is 1. The fourth-order valence-electron chi connectivity index (χ4n) is 2.33. The number of aromatic nitrogens is 2. The predicted octanol–water partition coefficient (Wildman–Crippen LogP) is 3.17. The van der Waals surface area contributed by atoms with E-state index in [1.807, 2.05) is 54.7 Å². The molecule has 1 N–H and O–H groups in total. The second kappa shape index (κ2) is 4.42. The summed E-state index contributed by atoms with van der Waals surface area (Å²) in [4.78, 5) is 13.6. The van der Waals surface area contributed by atoms with Gasteiger partial charge in [0.25, 0.3) is 0 Å². The second-order valence-electron chi connectivity index (χ2n) is 4.70. The lowest BCUT2D eigenvalue weighted by atomic mass is 10.1. The number of nitrogens with zero attached hydrogens (tertiary/aromatic N) is 3. The molecule has 2 aromatic carbocycles. The van der Waals surface area contributed by atoms with Crippen molar-refractivity contribution in [2.45, 2.75) is 6.17 Å². The Morgan fingerprint density at radius 3 is 2.65 bits per heavy atom. The lowest BCUT2D eigenvalue weighted by molar-refractivity contribution is 0.796. The number of benzene rings is 2. The van der Waals surface area contributed by atoms with Crippen molar-refractivity contribution >= 4 is 22.9 Å². The van der Waals surface area contributed by atoms with E-state index >= 15 is 0 Å². The molecule has 4 rings (SSSR count). The molecule has 1 unspecified atom stereocenters. The topological polar surface area (TPSA) is 50.2 Å². The monoisotopic (exact) mass is 260 g/mol. The summed E-state index contributed by atoms with van der Waals surface area (Å²) in [5, 5.41) is 3.38. The van der Waals surface area contributed by atoms with Crippen LogP contribution in [0.1, 0.15) is 17.4 Å². The Balaban J connectivity index is 1.74. The maximum Gasteiger partial charge on any atom is 0.163 e. The van der Waals surface area contributed by atoms with E-state index in [0.29, 0.717) is 0 Å². The van der Waals surface area contributed by atoms with Gasteiger partial charge >= 0.3 is 0 Å². The zero-order valence-corrected chi connectivity index (χ0v) is 10.7. The van der Waals surface area contributed by atoms with Crippen LogP contribution in [0.5, 0.6) is 0 Å². The van der Waals surface area contributed by atoms with Crippen LogP contribution in [0.15, 0.2) is 59.7 Å². The van der Waals surface area contributed by atoms with Gasteiger partial charge in [-0.05, 0) is 18.2 Å². The van der Waals surface area contributed by atoms with E-state index in [0.717, 1.165) is 28.0 Å². The predicted molar refractivity (Wildman–Crippen MR) is 79.9 cm³/mol. The molecular formula is C16H12N4. The summed E-state index contributed by atoms with van der Waals surface area (Å²) >= 11 is 0. The summed E-state index contributed by atoms with van der Waals surface area (Å²) in [7, 11) is 0. The zero-order chi connectivity index (χ0) is 13.4. The Labute approximate surface area is 116 Å². The highest BCUT2D eigenvalue weighted by Crippen LogP contribution is 2.26. The summed E-state index contributed by atoms with van der Waals surface area (Å²) in [5.41, 5.74) is 4.78. The van der Waals surface area contributed by atoms with E-state index in [2.05, 4.69) is 20.3 Å². The van der Waals surface area contributed by atoms with Crippen LogP contribution in [-0.2, 0) is 0 Å². The van der Waals surface area contributed by atoms with Gasteiger partial charge in [0.2, 0.25) is 0 Å². The molecule has 0 spiro atoms. The van der Waals surface area contributed by atoms with Crippen molar-refractivity contribution in [3.05, 3.63) is 66.0 Å². The molecule has 4 nitrogen and oxygen atoms in total. The van der Waals surface area contributed by atoms with Crippen molar-refractivity contribution in [1.82, 2.24) is 9.97 Å². The van der Waals surface area contributed by atoms with Gasteiger partial charge in [0, 0.05) is 17.5 Å². The van der Waals surface area contributed by atoms with E-state index in [4.69, 9.17) is 0 Å². The summed E-state index contributed by atoms with van der Waals surface area (Å²) < 4.78 is 0. The number of para-hydroxylation sites is 3. The van der Waals surface area contributed by atoms with Crippen molar-refractivity contribution in [2.75, 3.05) is 5.32 Å². The number of hydrogen-bond acceptors (Lipinski definition) is 4. The summed E-state index contributed by atoms with van der Waals surface area (Å²) in [6, 6.07) is 15.9. The summed E-state index contributed by atoms with van der Waals surface area (Å²) in [6.07, 6.45) is 3.49. The zero-order valence-electron chi connectivity index (χ0n) is 10.7. The third kappa shape index (κ3) is 1.82. The average molecular weight is 260 g/mol. The standard InChI is InChI=1S/C16H12N4/c1-2-6-12-11(5-1)9-18-16(20-12)15-10-17-13-7-3-4-8-14(13)19-15/h1-10,16,20H. The van der Waals surface area contributed by atoms with Gasteiger partial charge in [-0.25, -0.2) is 4.98 Å². The third-order valence-electron chi connectivity index (χ3n) is 3.36. The molecule has 1 aliphatic rings. The quantitative estimate of drug-likeness (QED) is 0.731. The van der Waals surface area contributed by atoms with Gasteiger partial charge in [0.15, 0.2) is 6.17 Å². The second-order valence-corrected chi connectivity index (χ2v) is 4.70. The average Bonchev–Trinajstić information content (AvgIpc) is 2.54. The van der Waals surface area contributed by atoms with Crippen molar-refractivity contribution in [3.8, 4) is 0 Å². The summed E-state index contributed by atoms with van der Waals surface area (Å²) in [5.74, 6) is 0. The van der Waals surface area contributed by atoms with Crippen LogP contribution in [0.3, 0.4) is 0 Å². The van der Waals surface area contributed by atoms with Crippen LogP contribution < -0.4 is 5.32 Å². The van der Waals surface area contributed by atoms with Crippen LogP contribution in [0.4, 0.5) is 5.69 Å².